The van der Waals surface area contributed by atoms with Gasteiger partial charge in [0.15, 0.2) is 0 Å². The van der Waals surface area contributed by atoms with Crippen molar-refractivity contribution in [2.24, 2.45) is 0 Å². The standard InChI is InChI=1S/C13H12FNO4/c1-7-5-8(14)6-9-11(7)15(13(19)12(9)18)4-2-3-10(16)17/h5-6H,2-4H2,1H3,(H,16,17). The van der Waals surface area contributed by atoms with E-state index in [0.29, 0.717) is 11.3 Å². The third kappa shape index (κ3) is 2.33. The number of carboxylic acid groups (broad SMARTS) is 1. The van der Waals surface area contributed by atoms with Gasteiger partial charge in [-0.3, -0.25) is 14.4 Å². The lowest BCUT2D eigenvalue weighted by Gasteiger charge is -2.17. The molecule has 1 aromatic rings. The molecule has 1 amide bonds. The van der Waals surface area contributed by atoms with Crippen molar-refractivity contribution in [2.45, 2.75) is 19.8 Å². The third-order valence-electron chi connectivity index (χ3n) is 2.99. The fraction of sp³-hybridized carbons (Fsp3) is 0.308. The Morgan fingerprint density at radius 3 is 2.68 bits per heavy atom. The summed E-state index contributed by atoms with van der Waals surface area (Å²) in [6, 6.07) is 2.29. The summed E-state index contributed by atoms with van der Waals surface area (Å²) in [5.41, 5.74) is 0.934. The van der Waals surface area contributed by atoms with Crippen LogP contribution in [0.25, 0.3) is 0 Å². The number of Topliss-reactive ketones (excluding diaryl/α,β-unsaturated/α-hetero) is 1. The molecular weight excluding hydrogens is 253 g/mol. The molecule has 0 unspecified atom stereocenters. The van der Waals surface area contributed by atoms with Crippen LogP contribution in [-0.2, 0) is 9.59 Å². The summed E-state index contributed by atoms with van der Waals surface area (Å²) in [6.07, 6.45) is 0.151. The number of carbonyl (C=O) groups excluding carboxylic acids is 2. The average Bonchev–Trinajstić information content (AvgIpc) is 2.54. The molecule has 0 fully saturated rings. The molecule has 100 valence electrons. The second kappa shape index (κ2) is 4.79. The van der Waals surface area contributed by atoms with E-state index in [1.54, 1.807) is 6.92 Å². The highest BCUT2D eigenvalue weighted by molar-refractivity contribution is 6.52. The SMILES string of the molecule is Cc1cc(F)cc2c1N(CCCC(=O)O)C(=O)C2=O. The Bertz CT molecular complexity index is 582. The number of ketones is 1. The number of fused-ring (bicyclic) bond motifs is 1. The molecule has 1 aliphatic heterocycles. The lowest BCUT2D eigenvalue weighted by atomic mass is 10.1. The van der Waals surface area contributed by atoms with Crippen molar-refractivity contribution >= 4 is 23.3 Å². The number of rotatable bonds is 4. The zero-order valence-corrected chi connectivity index (χ0v) is 10.3. The molecule has 1 aromatic carbocycles. The van der Waals surface area contributed by atoms with Crippen molar-refractivity contribution in [3.8, 4) is 0 Å². The predicted octanol–water partition coefficient (Wildman–Crippen LogP) is 1.53. The number of halogens is 1. The van der Waals surface area contributed by atoms with Gasteiger partial charge >= 0.3 is 5.97 Å². The molecule has 0 aliphatic carbocycles. The van der Waals surface area contributed by atoms with Gasteiger partial charge in [0.25, 0.3) is 11.7 Å². The number of aryl methyl sites for hydroxylation is 1. The normalized spacial score (nSPS) is 13.9. The molecule has 2 rings (SSSR count). The van der Waals surface area contributed by atoms with Crippen molar-refractivity contribution in [2.75, 3.05) is 11.4 Å². The van der Waals surface area contributed by atoms with Crippen LogP contribution in [0.5, 0.6) is 0 Å². The van der Waals surface area contributed by atoms with Gasteiger partial charge in [-0.1, -0.05) is 0 Å². The Hall–Kier alpha value is -2.24. The number of aliphatic carboxylic acids is 1. The fourth-order valence-electron chi connectivity index (χ4n) is 2.21. The highest BCUT2D eigenvalue weighted by atomic mass is 19.1. The lowest BCUT2D eigenvalue weighted by Crippen LogP contribution is -2.31. The quantitative estimate of drug-likeness (QED) is 0.838. The molecule has 5 nitrogen and oxygen atoms in total. The van der Waals surface area contributed by atoms with E-state index in [0.717, 1.165) is 6.07 Å². The molecule has 0 bridgehead atoms. The molecular formula is C13H12FNO4. The van der Waals surface area contributed by atoms with Crippen molar-refractivity contribution in [1.82, 2.24) is 0 Å². The molecule has 1 N–H and O–H groups in total. The van der Waals surface area contributed by atoms with Gasteiger partial charge in [-0.25, -0.2) is 4.39 Å². The van der Waals surface area contributed by atoms with Crippen LogP contribution in [0.2, 0.25) is 0 Å². The van der Waals surface area contributed by atoms with Crippen LogP contribution in [0.4, 0.5) is 10.1 Å². The van der Waals surface area contributed by atoms with E-state index >= 15 is 0 Å². The topological polar surface area (TPSA) is 74.7 Å². The number of carboxylic acids is 1. The molecule has 19 heavy (non-hydrogen) atoms. The van der Waals surface area contributed by atoms with E-state index < -0.39 is 23.5 Å². The molecule has 0 radical (unpaired) electrons. The number of nitrogens with zero attached hydrogens (tertiary/aromatic N) is 1. The monoisotopic (exact) mass is 265 g/mol. The molecule has 1 aliphatic rings. The minimum Gasteiger partial charge on any atom is -0.481 e. The number of benzene rings is 1. The van der Waals surface area contributed by atoms with Gasteiger partial charge in [-0.05, 0) is 31.0 Å². The van der Waals surface area contributed by atoms with Gasteiger partial charge in [0.05, 0.1) is 11.3 Å². The van der Waals surface area contributed by atoms with Crippen molar-refractivity contribution in [1.29, 1.82) is 0 Å². The smallest absolute Gasteiger partial charge is 0.303 e. The Kier molecular flexibility index (Phi) is 3.33. The minimum absolute atomic E-state index is 0.0535. The molecule has 6 heteroatoms. The van der Waals surface area contributed by atoms with Gasteiger partial charge in [0, 0.05) is 13.0 Å². The van der Waals surface area contributed by atoms with Crippen LogP contribution in [-0.4, -0.2) is 29.3 Å². The Morgan fingerprint density at radius 1 is 1.37 bits per heavy atom. The second-order valence-electron chi connectivity index (χ2n) is 4.40. The van der Waals surface area contributed by atoms with Crippen LogP contribution < -0.4 is 4.90 Å². The summed E-state index contributed by atoms with van der Waals surface area (Å²) in [5, 5.41) is 8.57. The highest BCUT2D eigenvalue weighted by Crippen LogP contribution is 2.33. The maximum absolute atomic E-state index is 13.2. The highest BCUT2D eigenvalue weighted by Gasteiger charge is 2.37. The Morgan fingerprint density at radius 2 is 2.05 bits per heavy atom. The number of anilines is 1. The maximum Gasteiger partial charge on any atom is 0.303 e. The van der Waals surface area contributed by atoms with E-state index in [2.05, 4.69) is 0 Å². The summed E-state index contributed by atoms with van der Waals surface area (Å²) in [5.74, 6) is -3.00. The molecule has 1 heterocycles. The molecule has 0 aromatic heterocycles. The minimum atomic E-state index is -0.964. The predicted molar refractivity (Wildman–Crippen MR) is 64.7 cm³/mol. The fourth-order valence-corrected chi connectivity index (χ4v) is 2.21. The van der Waals surface area contributed by atoms with E-state index in [1.165, 1.54) is 11.0 Å². The van der Waals surface area contributed by atoms with E-state index in [1.807, 2.05) is 0 Å². The molecule has 0 saturated heterocycles. The Balaban J connectivity index is 2.31. The second-order valence-corrected chi connectivity index (χ2v) is 4.40. The van der Waals surface area contributed by atoms with Gasteiger partial charge in [0.1, 0.15) is 5.82 Å². The van der Waals surface area contributed by atoms with E-state index in [-0.39, 0.29) is 24.9 Å². The molecule has 0 spiro atoms. The van der Waals surface area contributed by atoms with Crippen LogP contribution in [0.3, 0.4) is 0 Å². The number of amides is 1. The summed E-state index contributed by atoms with van der Waals surface area (Å²) >= 11 is 0. The van der Waals surface area contributed by atoms with E-state index in [9.17, 15) is 18.8 Å². The first kappa shape index (κ1) is 13.2. The average molecular weight is 265 g/mol. The number of hydrogen-bond donors (Lipinski definition) is 1. The zero-order valence-electron chi connectivity index (χ0n) is 10.3. The van der Waals surface area contributed by atoms with Crippen molar-refractivity contribution in [3.05, 3.63) is 29.1 Å². The maximum atomic E-state index is 13.2. The Labute approximate surface area is 108 Å². The first-order chi connectivity index (χ1) is 8.91. The summed E-state index contributed by atoms with van der Waals surface area (Å²) < 4.78 is 13.2. The first-order valence-electron chi connectivity index (χ1n) is 5.80. The van der Waals surface area contributed by atoms with Crippen molar-refractivity contribution in [3.63, 3.8) is 0 Å². The van der Waals surface area contributed by atoms with E-state index in [4.69, 9.17) is 5.11 Å². The van der Waals surface area contributed by atoms with Gasteiger partial charge in [-0.15, -0.1) is 0 Å². The number of carbonyl (C=O) groups is 3. The lowest BCUT2D eigenvalue weighted by molar-refractivity contribution is -0.137. The van der Waals surface area contributed by atoms with Crippen LogP contribution >= 0.6 is 0 Å². The van der Waals surface area contributed by atoms with Gasteiger partial charge in [0.2, 0.25) is 0 Å². The third-order valence-corrected chi connectivity index (χ3v) is 2.99. The van der Waals surface area contributed by atoms with Gasteiger partial charge < -0.3 is 10.0 Å². The zero-order chi connectivity index (χ0) is 14.2. The van der Waals surface area contributed by atoms with Crippen molar-refractivity contribution < 1.29 is 23.9 Å². The van der Waals surface area contributed by atoms with Crippen LogP contribution in [0.1, 0.15) is 28.8 Å². The molecule has 0 saturated carbocycles. The van der Waals surface area contributed by atoms with Crippen LogP contribution in [0.15, 0.2) is 12.1 Å². The summed E-state index contributed by atoms with van der Waals surface area (Å²) in [7, 11) is 0. The first-order valence-corrected chi connectivity index (χ1v) is 5.80. The summed E-state index contributed by atoms with van der Waals surface area (Å²) in [6.45, 7) is 1.74. The number of hydrogen-bond acceptors (Lipinski definition) is 3. The largest absolute Gasteiger partial charge is 0.481 e. The van der Waals surface area contributed by atoms with Gasteiger partial charge in [-0.2, -0.15) is 0 Å². The summed E-state index contributed by atoms with van der Waals surface area (Å²) in [4.78, 5) is 35.2. The molecule has 0 atom stereocenters. The van der Waals surface area contributed by atoms with Crippen LogP contribution in [0, 0.1) is 12.7 Å².